The second-order valence-electron chi connectivity index (χ2n) is 7.75. The Hall–Kier alpha value is -3.50. The Bertz CT molecular complexity index is 1520. The maximum atomic E-state index is 13.6. The van der Waals surface area contributed by atoms with E-state index < -0.39 is 18.0 Å². The monoisotopic (exact) mass is 570 g/mol. The van der Waals surface area contributed by atoms with Crippen LogP contribution in [0.15, 0.2) is 74.1 Å². The molecule has 0 fully saturated rings. The summed E-state index contributed by atoms with van der Waals surface area (Å²) in [4.78, 5) is 43.0. The van der Waals surface area contributed by atoms with Gasteiger partial charge in [-0.25, -0.2) is 14.6 Å². The van der Waals surface area contributed by atoms with Gasteiger partial charge in [0.2, 0.25) is 0 Å². The van der Waals surface area contributed by atoms with Gasteiger partial charge in [0.1, 0.15) is 5.75 Å². The van der Waals surface area contributed by atoms with E-state index in [1.54, 1.807) is 28.8 Å². The van der Waals surface area contributed by atoms with Gasteiger partial charge in [-0.15, -0.1) is 0 Å². The number of nitrogens with zero attached hydrogens (tertiary/aromatic N) is 2. The van der Waals surface area contributed by atoms with Crippen LogP contribution in [0.5, 0.6) is 5.75 Å². The standard InChI is InChI=1S/C26H23BrN2O6S/c1-4-18-22(25(32)34-3)23(16-8-6-5-7-9-16)29-24(31)20(36-26(29)28-18)13-15-10-11-19(17(27)12-15)35-14-21(30)33-2/h5-13,23H,4,14H2,1-3H3/b20-13-/t23-/m1/s1. The van der Waals surface area contributed by atoms with Crippen molar-refractivity contribution in [3.63, 3.8) is 0 Å². The molecule has 2 heterocycles. The molecule has 0 N–H and O–H groups in total. The number of fused-ring (bicyclic) bond motifs is 1. The number of esters is 2. The summed E-state index contributed by atoms with van der Waals surface area (Å²) >= 11 is 4.70. The molecular formula is C26H23BrN2O6S. The molecule has 0 radical (unpaired) electrons. The molecule has 0 spiro atoms. The zero-order chi connectivity index (χ0) is 25.8. The van der Waals surface area contributed by atoms with Gasteiger partial charge >= 0.3 is 11.9 Å². The normalized spacial score (nSPS) is 15.2. The number of hydrogen-bond donors (Lipinski definition) is 0. The van der Waals surface area contributed by atoms with Crippen LogP contribution < -0.4 is 19.6 Å². The van der Waals surface area contributed by atoms with Crippen molar-refractivity contribution in [2.24, 2.45) is 4.99 Å². The number of methoxy groups -OCH3 is 2. The smallest absolute Gasteiger partial charge is 0.343 e. The molecule has 4 rings (SSSR count). The lowest BCUT2D eigenvalue weighted by Gasteiger charge is -2.25. The average Bonchev–Trinajstić information content (AvgIpc) is 3.21. The molecule has 0 bridgehead atoms. The van der Waals surface area contributed by atoms with Crippen LogP contribution in [0, 0.1) is 0 Å². The predicted octanol–water partition coefficient (Wildman–Crippen LogP) is 3.11. The second-order valence-corrected chi connectivity index (χ2v) is 9.62. The largest absolute Gasteiger partial charge is 0.481 e. The van der Waals surface area contributed by atoms with Crippen molar-refractivity contribution < 1.29 is 23.8 Å². The van der Waals surface area contributed by atoms with Crippen LogP contribution in [-0.4, -0.2) is 37.3 Å². The molecule has 0 saturated heterocycles. The number of aromatic nitrogens is 1. The van der Waals surface area contributed by atoms with Crippen molar-refractivity contribution in [1.29, 1.82) is 0 Å². The van der Waals surface area contributed by atoms with E-state index in [1.165, 1.54) is 25.6 Å². The lowest BCUT2D eigenvalue weighted by molar-refractivity contribution is -0.143. The first kappa shape index (κ1) is 25.6. The molecule has 0 unspecified atom stereocenters. The molecule has 36 heavy (non-hydrogen) atoms. The van der Waals surface area contributed by atoms with E-state index in [2.05, 4.69) is 25.7 Å². The molecule has 0 aliphatic carbocycles. The molecule has 1 aromatic heterocycles. The van der Waals surface area contributed by atoms with Crippen LogP contribution in [0.4, 0.5) is 0 Å². The molecule has 186 valence electrons. The number of carbonyl (C=O) groups is 2. The SMILES string of the molecule is CCC1=C(C(=O)OC)[C@@H](c2ccccc2)n2c(s/c(=C\c3ccc(OCC(=O)OC)c(Br)c3)c2=O)=N1. The highest BCUT2D eigenvalue weighted by Crippen LogP contribution is 2.31. The van der Waals surface area contributed by atoms with E-state index in [1.807, 2.05) is 37.3 Å². The number of benzene rings is 2. The van der Waals surface area contributed by atoms with Crippen LogP contribution in [0.25, 0.3) is 6.08 Å². The fourth-order valence-corrected chi connectivity index (χ4v) is 5.42. The Morgan fingerprint density at radius 1 is 1.14 bits per heavy atom. The summed E-state index contributed by atoms with van der Waals surface area (Å²) in [5.41, 5.74) is 2.24. The molecular weight excluding hydrogens is 548 g/mol. The summed E-state index contributed by atoms with van der Waals surface area (Å²) in [6, 6.07) is 14.0. The highest BCUT2D eigenvalue weighted by Gasteiger charge is 2.33. The summed E-state index contributed by atoms with van der Waals surface area (Å²) in [5, 5.41) is 0. The fourth-order valence-electron chi connectivity index (χ4n) is 3.89. The van der Waals surface area contributed by atoms with Crippen molar-refractivity contribution >= 4 is 45.3 Å². The molecule has 1 atom stereocenters. The highest BCUT2D eigenvalue weighted by molar-refractivity contribution is 9.10. The van der Waals surface area contributed by atoms with Gasteiger partial charge in [-0.05, 0) is 51.7 Å². The Balaban J connectivity index is 1.82. The van der Waals surface area contributed by atoms with Crippen LogP contribution in [0.2, 0.25) is 0 Å². The van der Waals surface area contributed by atoms with Gasteiger partial charge in [-0.2, -0.15) is 0 Å². The number of carbonyl (C=O) groups excluding carboxylic acids is 2. The number of hydrogen-bond acceptors (Lipinski definition) is 8. The molecule has 0 amide bonds. The van der Waals surface area contributed by atoms with Gasteiger partial charge in [-0.1, -0.05) is 54.7 Å². The van der Waals surface area contributed by atoms with Gasteiger partial charge in [0.15, 0.2) is 11.4 Å². The third kappa shape index (κ3) is 5.05. The first-order chi connectivity index (χ1) is 17.4. The lowest BCUT2D eigenvalue weighted by atomic mass is 9.95. The molecule has 3 aromatic rings. The summed E-state index contributed by atoms with van der Waals surface area (Å²) in [7, 11) is 2.62. The third-order valence-electron chi connectivity index (χ3n) is 5.59. The summed E-state index contributed by atoms with van der Waals surface area (Å²) in [5.74, 6) is -0.526. The zero-order valence-corrected chi connectivity index (χ0v) is 22.2. The summed E-state index contributed by atoms with van der Waals surface area (Å²) < 4.78 is 17.8. The van der Waals surface area contributed by atoms with E-state index >= 15 is 0 Å². The summed E-state index contributed by atoms with van der Waals surface area (Å²) in [6.07, 6.45) is 2.27. The molecule has 1 aliphatic heterocycles. The average molecular weight is 571 g/mol. The molecule has 8 nitrogen and oxygen atoms in total. The number of ether oxygens (including phenoxy) is 3. The fraction of sp³-hybridized carbons (Fsp3) is 0.231. The number of allylic oxidation sites excluding steroid dienone is 1. The van der Waals surface area contributed by atoms with Crippen molar-refractivity contribution in [1.82, 2.24) is 4.57 Å². The quantitative estimate of drug-likeness (QED) is 0.405. The maximum absolute atomic E-state index is 13.6. The van der Waals surface area contributed by atoms with E-state index in [-0.39, 0.29) is 12.2 Å². The van der Waals surface area contributed by atoms with Gasteiger partial charge in [0.05, 0.1) is 40.5 Å². The Morgan fingerprint density at radius 3 is 2.53 bits per heavy atom. The van der Waals surface area contributed by atoms with Gasteiger partial charge in [0.25, 0.3) is 5.56 Å². The number of rotatable bonds is 7. The Labute approximate surface area is 219 Å². The van der Waals surface area contributed by atoms with Crippen LogP contribution in [0.1, 0.15) is 30.5 Å². The van der Waals surface area contributed by atoms with Gasteiger partial charge < -0.3 is 14.2 Å². The minimum absolute atomic E-state index is 0.213. The van der Waals surface area contributed by atoms with Crippen LogP contribution in [0.3, 0.4) is 0 Å². The lowest BCUT2D eigenvalue weighted by Crippen LogP contribution is -2.40. The van der Waals surface area contributed by atoms with E-state index in [0.29, 0.717) is 37.2 Å². The molecule has 10 heteroatoms. The second kappa shape index (κ2) is 11.0. The maximum Gasteiger partial charge on any atom is 0.343 e. The Morgan fingerprint density at radius 2 is 1.89 bits per heavy atom. The predicted molar refractivity (Wildman–Crippen MR) is 138 cm³/mol. The number of thiazole rings is 1. The third-order valence-corrected chi connectivity index (χ3v) is 7.20. The van der Waals surface area contributed by atoms with Crippen LogP contribution >= 0.6 is 27.3 Å². The molecule has 1 aliphatic rings. The minimum Gasteiger partial charge on any atom is -0.481 e. The molecule has 2 aromatic carbocycles. The van der Waals surface area contributed by atoms with E-state index in [0.717, 1.165) is 11.1 Å². The van der Waals surface area contributed by atoms with Gasteiger partial charge in [-0.3, -0.25) is 9.36 Å². The van der Waals surface area contributed by atoms with Crippen LogP contribution in [-0.2, 0) is 19.1 Å². The van der Waals surface area contributed by atoms with Crippen molar-refractivity contribution in [2.45, 2.75) is 19.4 Å². The van der Waals surface area contributed by atoms with Crippen molar-refractivity contribution in [3.8, 4) is 5.75 Å². The topological polar surface area (TPSA) is 96.2 Å². The Kier molecular flexibility index (Phi) is 7.85. The first-order valence-electron chi connectivity index (χ1n) is 11.0. The van der Waals surface area contributed by atoms with E-state index in [4.69, 9.17) is 9.47 Å². The summed E-state index contributed by atoms with van der Waals surface area (Å²) in [6.45, 7) is 1.70. The molecule has 0 saturated carbocycles. The van der Waals surface area contributed by atoms with Crippen molar-refractivity contribution in [2.75, 3.05) is 20.8 Å². The van der Waals surface area contributed by atoms with E-state index in [9.17, 15) is 14.4 Å². The first-order valence-corrected chi connectivity index (χ1v) is 12.7. The van der Waals surface area contributed by atoms with Crippen molar-refractivity contribution in [3.05, 3.63) is 95.1 Å². The highest BCUT2D eigenvalue weighted by atomic mass is 79.9. The number of halogens is 1. The van der Waals surface area contributed by atoms with Gasteiger partial charge in [0, 0.05) is 0 Å². The minimum atomic E-state index is -0.646. The zero-order valence-electron chi connectivity index (χ0n) is 19.8.